The summed E-state index contributed by atoms with van der Waals surface area (Å²) in [6, 6.07) is 3.16. The Bertz CT molecular complexity index is 360. The van der Waals surface area contributed by atoms with Gasteiger partial charge >= 0.3 is 0 Å². The first kappa shape index (κ1) is 14.0. The molecule has 0 saturated carbocycles. The van der Waals surface area contributed by atoms with Gasteiger partial charge in [0.05, 0.1) is 6.10 Å². The second kappa shape index (κ2) is 6.64. The fraction of sp³-hybridized carbons (Fsp3) is 0.500. The Kier molecular flexibility index (Phi) is 5.47. The zero-order valence-corrected chi connectivity index (χ0v) is 10.0. The Balaban J connectivity index is 2.72. The number of hydrogen-bond donors (Lipinski definition) is 2. The number of nitrogens with two attached hydrogens (primary N) is 1. The van der Waals surface area contributed by atoms with Crippen molar-refractivity contribution in [3.63, 3.8) is 0 Å². The smallest absolute Gasteiger partial charge is 0.130 e. The summed E-state index contributed by atoms with van der Waals surface area (Å²) in [5.41, 5.74) is 5.95. The minimum absolute atomic E-state index is 0.00700. The molecule has 1 aromatic carbocycles. The van der Waals surface area contributed by atoms with Crippen molar-refractivity contribution in [1.82, 2.24) is 5.32 Å². The van der Waals surface area contributed by atoms with Gasteiger partial charge in [-0.25, -0.2) is 8.78 Å². The van der Waals surface area contributed by atoms with E-state index in [4.69, 9.17) is 10.5 Å². The third-order valence-corrected chi connectivity index (χ3v) is 2.63. The Morgan fingerprint density at radius 1 is 1.41 bits per heavy atom. The summed E-state index contributed by atoms with van der Waals surface area (Å²) in [7, 11) is 1.60. The molecule has 96 valence electrons. The van der Waals surface area contributed by atoms with Crippen LogP contribution in [0.25, 0.3) is 0 Å². The van der Waals surface area contributed by atoms with Crippen LogP contribution in [0.5, 0.6) is 0 Å². The highest BCUT2D eigenvalue weighted by molar-refractivity contribution is 5.22. The third-order valence-electron chi connectivity index (χ3n) is 2.63. The standard InChI is InChI=1S/C12H18F2N2O/c1-8(17-2)7-16-12(6-15)10-4-3-9(13)5-11(10)14/h3-5,8,12,16H,6-7,15H2,1-2H3. The van der Waals surface area contributed by atoms with Crippen molar-refractivity contribution in [1.29, 1.82) is 0 Å². The van der Waals surface area contributed by atoms with Crippen LogP contribution in [0.1, 0.15) is 18.5 Å². The van der Waals surface area contributed by atoms with E-state index in [1.165, 1.54) is 12.1 Å². The third kappa shape index (κ3) is 4.03. The second-order valence-electron chi connectivity index (χ2n) is 3.91. The molecule has 0 heterocycles. The highest BCUT2D eigenvalue weighted by Gasteiger charge is 2.15. The lowest BCUT2D eigenvalue weighted by Crippen LogP contribution is -2.34. The van der Waals surface area contributed by atoms with Gasteiger partial charge < -0.3 is 15.8 Å². The van der Waals surface area contributed by atoms with Crippen LogP contribution in [0.2, 0.25) is 0 Å². The molecule has 1 rings (SSSR count). The van der Waals surface area contributed by atoms with Crippen LogP contribution in [0.3, 0.4) is 0 Å². The Hall–Kier alpha value is -1.04. The van der Waals surface area contributed by atoms with E-state index in [-0.39, 0.29) is 18.7 Å². The molecule has 17 heavy (non-hydrogen) atoms. The van der Waals surface area contributed by atoms with E-state index in [2.05, 4.69) is 5.32 Å². The maximum atomic E-state index is 13.5. The normalized spacial score (nSPS) is 14.6. The highest BCUT2D eigenvalue weighted by Crippen LogP contribution is 2.17. The van der Waals surface area contributed by atoms with Crippen molar-refractivity contribution < 1.29 is 13.5 Å². The van der Waals surface area contributed by atoms with Gasteiger partial charge in [-0.05, 0) is 13.0 Å². The largest absolute Gasteiger partial charge is 0.380 e. The lowest BCUT2D eigenvalue weighted by molar-refractivity contribution is 0.114. The van der Waals surface area contributed by atoms with E-state index in [0.29, 0.717) is 12.1 Å². The molecule has 3 N–H and O–H groups in total. The molecule has 0 saturated heterocycles. The summed E-state index contributed by atoms with van der Waals surface area (Å²) in [4.78, 5) is 0. The van der Waals surface area contributed by atoms with Crippen molar-refractivity contribution in [2.75, 3.05) is 20.2 Å². The Morgan fingerprint density at radius 2 is 2.12 bits per heavy atom. The van der Waals surface area contributed by atoms with Crippen LogP contribution < -0.4 is 11.1 Å². The van der Waals surface area contributed by atoms with Crippen molar-refractivity contribution in [3.05, 3.63) is 35.4 Å². The maximum absolute atomic E-state index is 13.5. The number of benzene rings is 1. The maximum Gasteiger partial charge on any atom is 0.130 e. The molecule has 0 bridgehead atoms. The van der Waals surface area contributed by atoms with Crippen molar-refractivity contribution >= 4 is 0 Å². The van der Waals surface area contributed by atoms with E-state index in [0.717, 1.165) is 6.07 Å². The Labute approximate surface area is 100.0 Å². The first-order valence-corrected chi connectivity index (χ1v) is 5.49. The molecule has 2 atom stereocenters. The highest BCUT2D eigenvalue weighted by atomic mass is 19.1. The summed E-state index contributed by atoms with van der Waals surface area (Å²) in [6.45, 7) is 2.68. The van der Waals surface area contributed by atoms with E-state index < -0.39 is 11.6 Å². The summed E-state index contributed by atoms with van der Waals surface area (Å²) in [5, 5.41) is 3.08. The van der Waals surface area contributed by atoms with E-state index in [1.54, 1.807) is 7.11 Å². The quantitative estimate of drug-likeness (QED) is 0.799. The average Bonchev–Trinajstić information content (AvgIpc) is 2.31. The lowest BCUT2D eigenvalue weighted by atomic mass is 10.1. The molecule has 0 radical (unpaired) electrons. The SMILES string of the molecule is COC(C)CNC(CN)c1ccc(F)cc1F. The predicted octanol–water partition coefficient (Wildman–Crippen LogP) is 1.59. The van der Waals surface area contributed by atoms with E-state index in [9.17, 15) is 8.78 Å². The van der Waals surface area contributed by atoms with Gasteiger partial charge in [0.2, 0.25) is 0 Å². The van der Waals surface area contributed by atoms with Gasteiger partial charge in [-0.15, -0.1) is 0 Å². The molecule has 3 nitrogen and oxygen atoms in total. The van der Waals surface area contributed by atoms with Crippen LogP contribution in [0.4, 0.5) is 8.78 Å². The number of rotatable bonds is 6. The van der Waals surface area contributed by atoms with Gasteiger partial charge in [0.1, 0.15) is 11.6 Å². The van der Waals surface area contributed by atoms with Crippen LogP contribution in [-0.2, 0) is 4.74 Å². The van der Waals surface area contributed by atoms with E-state index >= 15 is 0 Å². The molecule has 0 aromatic heterocycles. The molecular formula is C12H18F2N2O. The molecule has 1 aromatic rings. The molecule has 0 amide bonds. The summed E-state index contributed by atoms with van der Waals surface area (Å²) in [6.07, 6.45) is 0.00700. The van der Waals surface area contributed by atoms with Gasteiger partial charge in [-0.3, -0.25) is 0 Å². The van der Waals surface area contributed by atoms with Crippen molar-refractivity contribution in [2.45, 2.75) is 19.1 Å². The number of nitrogens with one attached hydrogen (secondary N) is 1. The van der Waals surface area contributed by atoms with Crippen LogP contribution >= 0.6 is 0 Å². The van der Waals surface area contributed by atoms with Gasteiger partial charge in [0, 0.05) is 37.9 Å². The summed E-state index contributed by atoms with van der Waals surface area (Å²) < 4.78 is 31.4. The minimum atomic E-state index is -0.590. The van der Waals surface area contributed by atoms with Gasteiger partial charge in [-0.1, -0.05) is 6.07 Å². The van der Waals surface area contributed by atoms with Gasteiger partial charge in [-0.2, -0.15) is 0 Å². The molecule has 0 spiro atoms. The van der Waals surface area contributed by atoms with Crippen molar-refractivity contribution in [2.24, 2.45) is 5.73 Å². The van der Waals surface area contributed by atoms with E-state index in [1.807, 2.05) is 6.92 Å². The molecule has 0 aliphatic carbocycles. The van der Waals surface area contributed by atoms with Gasteiger partial charge in [0.15, 0.2) is 0 Å². The van der Waals surface area contributed by atoms with Crippen LogP contribution in [0, 0.1) is 11.6 Å². The fourth-order valence-electron chi connectivity index (χ4n) is 1.50. The zero-order valence-electron chi connectivity index (χ0n) is 10.0. The number of halogens is 2. The summed E-state index contributed by atoms with van der Waals surface area (Å²) in [5.74, 6) is -1.18. The average molecular weight is 244 g/mol. The minimum Gasteiger partial charge on any atom is -0.380 e. The summed E-state index contributed by atoms with van der Waals surface area (Å²) >= 11 is 0. The molecule has 2 unspecified atom stereocenters. The Morgan fingerprint density at radius 3 is 2.65 bits per heavy atom. The first-order chi connectivity index (χ1) is 8.08. The first-order valence-electron chi connectivity index (χ1n) is 5.49. The zero-order chi connectivity index (χ0) is 12.8. The molecule has 5 heteroatoms. The number of methoxy groups -OCH3 is 1. The topological polar surface area (TPSA) is 47.3 Å². The molecular weight excluding hydrogens is 226 g/mol. The number of ether oxygens (including phenoxy) is 1. The predicted molar refractivity (Wildman–Crippen MR) is 62.6 cm³/mol. The lowest BCUT2D eigenvalue weighted by Gasteiger charge is -2.20. The molecule has 0 fully saturated rings. The molecule has 0 aliphatic rings. The van der Waals surface area contributed by atoms with Gasteiger partial charge in [0.25, 0.3) is 0 Å². The second-order valence-corrected chi connectivity index (χ2v) is 3.91. The number of hydrogen-bond acceptors (Lipinski definition) is 3. The fourth-order valence-corrected chi connectivity index (χ4v) is 1.50. The molecule has 0 aliphatic heterocycles. The van der Waals surface area contributed by atoms with Crippen LogP contribution in [-0.4, -0.2) is 26.3 Å². The van der Waals surface area contributed by atoms with Crippen molar-refractivity contribution in [3.8, 4) is 0 Å². The monoisotopic (exact) mass is 244 g/mol. The van der Waals surface area contributed by atoms with Crippen LogP contribution in [0.15, 0.2) is 18.2 Å².